The fraction of sp³-hybridized carbons (Fsp3) is 0.667. The number of hydrogen-bond acceptors (Lipinski definition) is 3. The van der Waals surface area contributed by atoms with E-state index in [4.69, 9.17) is 0 Å². The smallest absolute Gasteiger partial charge is 0.243 e. The highest BCUT2D eigenvalue weighted by atomic mass is 32.2. The number of benzene rings is 1. The van der Waals surface area contributed by atoms with Crippen molar-refractivity contribution < 1.29 is 13.2 Å². The van der Waals surface area contributed by atoms with Gasteiger partial charge in [0.15, 0.2) is 0 Å². The highest BCUT2D eigenvalue weighted by molar-refractivity contribution is 7.89. The van der Waals surface area contributed by atoms with E-state index in [9.17, 15) is 13.2 Å². The number of rotatable bonds is 6. The van der Waals surface area contributed by atoms with E-state index in [1.807, 2.05) is 13.8 Å². The molecule has 0 atom stereocenters. The summed E-state index contributed by atoms with van der Waals surface area (Å²) in [7, 11) is -3.46. The van der Waals surface area contributed by atoms with Crippen molar-refractivity contribution in [2.45, 2.75) is 50.8 Å². The molecule has 4 bridgehead atoms. The first kappa shape index (κ1) is 18.9. The van der Waals surface area contributed by atoms with Crippen LogP contribution in [0.1, 0.15) is 46.0 Å². The van der Waals surface area contributed by atoms with Crippen LogP contribution in [0.15, 0.2) is 29.2 Å². The molecule has 5 rings (SSSR count). The standard InChI is InChI=1S/C21H30N2O3S/c1-3-23(4-2)27(25,26)19-7-5-18(6-8-19)22-21(24)20-16-10-14-9-15(12-16)13-17(20)11-14/h5-8,14-17,20H,3-4,9-13H2,1-2H3,(H,22,24). The number of anilines is 1. The first-order valence-electron chi connectivity index (χ1n) is 10.3. The van der Waals surface area contributed by atoms with Gasteiger partial charge in [0.2, 0.25) is 15.9 Å². The third kappa shape index (κ3) is 3.42. The van der Waals surface area contributed by atoms with Gasteiger partial charge in [-0.1, -0.05) is 13.8 Å². The molecule has 0 aliphatic heterocycles. The topological polar surface area (TPSA) is 66.5 Å². The summed E-state index contributed by atoms with van der Waals surface area (Å²) in [6.07, 6.45) is 6.24. The molecule has 27 heavy (non-hydrogen) atoms. The molecule has 1 N–H and O–H groups in total. The Bertz CT molecular complexity index is 771. The van der Waals surface area contributed by atoms with Crippen molar-refractivity contribution in [2.75, 3.05) is 18.4 Å². The fourth-order valence-corrected chi connectivity index (χ4v) is 7.46. The van der Waals surface area contributed by atoms with Gasteiger partial charge in [0.1, 0.15) is 0 Å². The van der Waals surface area contributed by atoms with E-state index in [1.165, 1.54) is 36.4 Å². The predicted octanol–water partition coefficient (Wildman–Crippen LogP) is 3.73. The third-order valence-electron chi connectivity index (χ3n) is 6.99. The van der Waals surface area contributed by atoms with Crippen LogP contribution in [-0.2, 0) is 14.8 Å². The molecule has 4 aliphatic rings. The summed E-state index contributed by atoms with van der Waals surface area (Å²) in [4.78, 5) is 13.2. The minimum absolute atomic E-state index is 0.128. The van der Waals surface area contributed by atoms with E-state index in [-0.39, 0.29) is 16.7 Å². The maximum Gasteiger partial charge on any atom is 0.243 e. The molecule has 4 aliphatic carbocycles. The van der Waals surface area contributed by atoms with Gasteiger partial charge in [-0.3, -0.25) is 4.79 Å². The molecule has 6 heteroatoms. The van der Waals surface area contributed by atoms with Gasteiger partial charge in [-0.2, -0.15) is 4.31 Å². The number of nitrogens with one attached hydrogen (secondary N) is 1. The third-order valence-corrected chi connectivity index (χ3v) is 9.06. The Labute approximate surface area is 162 Å². The molecule has 0 radical (unpaired) electrons. The number of nitrogens with zero attached hydrogens (tertiary/aromatic N) is 1. The maximum absolute atomic E-state index is 12.9. The van der Waals surface area contributed by atoms with Gasteiger partial charge in [-0.05, 0) is 80.0 Å². The van der Waals surface area contributed by atoms with Gasteiger partial charge in [-0.15, -0.1) is 0 Å². The molecule has 1 aromatic rings. The van der Waals surface area contributed by atoms with Gasteiger partial charge in [0, 0.05) is 24.7 Å². The Morgan fingerprint density at radius 2 is 1.48 bits per heavy atom. The van der Waals surface area contributed by atoms with Crippen LogP contribution in [0.4, 0.5) is 5.69 Å². The second-order valence-electron chi connectivity index (χ2n) is 8.56. The van der Waals surface area contributed by atoms with E-state index in [0.717, 1.165) is 11.8 Å². The molecule has 5 nitrogen and oxygen atoms in total. The Hall–Kier alpha value is -1.40. The van der Waals surface area contributed by atoms with E-state index in [1.54, 1.807) is 24.3 Å². The molecule has 0 unspecified atom stereocenters. The zero-order valence-electron chi connectivity index (χ0n) is 16.2. The summed E-state index contributed by atoms with van der Waals surface area (Å²) in [5.74, 6) is 3.05. The van der Waals surface area contributed by atoms with E-state index < -0.39 is 10.0 Å². The van der Waals surface area contributed by atoms with Crippen LogP contribution >= 0.6 is 0 Å². The summed E-state index contributed by atoms with van der Waals surface area (Å²) < 4.78 is 26.6. The fourth-order valence-electron chi connectivity index (χ4n) is 6.00. The minimum atomic E-state index is -3.46. The number of hydrogen-bond donors (Lipinski definition) is 1. The Morgan fingerprint density at radius 1 is 0.963 bits per heavy atom. The molecule has 0 heterocycles. The molecular weight excluding hydrogens is 360 g/mol. The van der Waals surface area contributed by atoms with Crippen LogP contribution in [0.5, 0.6) is 0 Å². The Kier molecular flexibility index (Phi) is 5.06. The quantitative estimate of drug-likeness (QED) is 0.805. The summed E-state index contributed by atoms with van der Waals surface area (Å²) in [6, 6.07) is 6.62. The van der Waals surface area contributed by atoms with Crippen LogP contribution in [-0.4, -0.2) is 31.7 Å². The van der Waals surface area contributed by atoms with Crippen molar-refractivity contribution in [1.82, 2.24) is 4.31 Å². The SMILES string of the molecule is CCN(CC)S(=O)(=O)c1ccc(NC(=O)C2C3CC4CC(C3)CC2C4)cc1. The van der Waals surface area contributed by atoms with Crippen molar-refractivity contribution in [3.8, 4) is 0 Å². The highest BCUT2D eigenvalue weighted by Gasteiger charge is 2.50. The molecule has 0 aromatic heterocycles. The molecule has 148 valence electrons. The van der Waals surface area contributed by atoms with Gasteiger partial charge in [-0.25, -0.2) is 8.42 Å². The molecule has 0 saturated heterocycles. The van der Waals surface area contributed by atoms with E-state index >= 15 is 0 Å². The average molecular weight is 391 g/mol. The van der Waals surface area contributed by atoms with Crippen molar-refractivity contribution in [3.63, 3.8) is 0 Å². The summed E-state index contributed by atoms with van der Waals surface area (Å²) in [5.41, 5.74) is 0.687. The van der Waals surface area contributed by atoms with Gasteiger partial charge >= 0.3 is 0 Å². The Balaban J connectivity index is 1.45. The monoisotopic (exact) mass is 390 g/mol. The largest absolute Gasteiger partial charge is 0.326 e. The van der Waals surface area contributed by atoms with Crippen molar-refractivity contribution in [3.05, 3.63) is 24.3 Å². The lowest BCUT2D eigenvalue weighted by Crippen LogP contribution is -2.49. The predicted molar refractivity (Wildman–Crippen MR) is 106 cm³/mol. The minimum Gasteiger partial charge on any atom is -0.326 e. The molecular formula is C21H30N2O3S. The normalized spacial score (nSPS) is 32.0. The average Bonchev–Trinajstić information content (AvgIpc) is 2.62. The highest BCUT2D eigenvalue weighted by Crippen LogP contribution is 2.56. The molecule has 0 spiro atoms. The van der Waals surface area contributed by atoms with Crippen LogP contribution in [0.2, 0.25) is 0 Å². The zero-order chi connectivity index (χ0) is 19.2. The zero-order valence-corrected chi connectivity index (χ0v) is 17.0. The van der Waals surface area contributed by atoms with Crippen molar-refractivity contribution in [2.24, 2.45) is 29.6 Å². The van der Waals surface area contributed by atoms with E-state index in [0.29, 0.717) is 30.6 Å². The molecule has 4 saturated carbocycles. The van der Waals surface area contributed by atoms with Crippen LogP contribution in [0.25, 0.3) is 0 Å². The summed E-state index contributed by atoms with van der Waals surface area (Å²) in [5, 5.41) is 3.06. The van der Waals surface area contributed by atoms with Gasteiger partial charge < -0.3 is 5.32 Å². The number of carbonyl (C=O) groups is 1. The lowest BCUT2D eigenvalue weighted by atomic mass is 9.51. The van der Waals surface area contributed by atoms with Crippen LogP contribution in [0.3, 0.4) is 0 Å². The van der Waals surface area contributed by atoms with Crippen LogP contribution < -0.4 is 5.32 Å². The van der Waals surface area contributed by atoms with Crippen molar-refractivity contribution >= 4 is 21.6 Å². The summed E-state index contributed by atoms with van der Waals surface area (Å²) in [6.45, 7) is 4.56. The molecule has 1 aromatic carbocycles. The second kappa shape index (κ2) is 7.21. The first-order valence-corrected chi connectivity index (χ1v) is 11.8. The first-order chi connectivity index (χ1) is 12.9. The lowest BCUT2D eigenvalue weighted by Gasteiger charge is -2.53. The maximum atomic E-state index is 12.9. The Morgan fingerprint density at radius 3 is 1.96 bits per heavy atom. The number of amides is 1. The lowest BCUT2D eigenvalue weighted by molar-refractivity contribution is -0.132. The van der Waals surface area contributed by atoms with E-state index in [2.05, 4.69) is 5.32 Å². The second-order valence-corrected chi connectivity index (χ2v) is 10.5. The number of carbonyl (C=O) groups excluding carboxylic acids is 1. The van der Waals surface area contributed by atoms with Gasteiger partial charge in [0.25, 0.3) is 0 Å². The van der Waals surface area contributed by atoms with Crippen molar-refractivity contribution in [1.29, 1.82) is 0 Å². The molecule has 1 amide bonds. The number of sulfonamides is 1. The summed E-state index contributed by atoms with van der Waals surface area (Å²) >= 11 is 0. The van der Waals surface area contributed by atoms with Crippen LogP contribution in [0, 0.1) is 29.6 Å². The molecule has 4 fully saturated rings. The van der Waals surface area contributed by atoms with Gasteiger partial charge in [0.05, 0.1) is 4.90 Å².